The molecule has 0 aromatic heterocycles. The third-order valence-corrected chi connectivity index (χ3v) is 4.83. The van der Waals surface area contributed by atoms with Crippen LogP contribution >= 0.6 is 11.8 Å². The van der Waals surface area contributed by atoms with Crippen molar-refractivity contribution in [2.24, 2.45) is 0 Å². The summed E-state index contributed by atoms with van der Waals surface area (Å²) in [5.41, 5.74) is 0.599. The highest BCUT2D eigenvalue weighted by Crippen LogP contribution is 2.38. The van der Waals surface area contributed by atoms with Gasteiger partial charge in [0.1, 0.15) is 16.7 Å². The van der Waals surface area contributed by atoms with Crippen LogP contribution in [0, 0.1) is 0 Å². The topological polar surface area (TPSA) is 95.9 Å². The summed E-state index contributed by atoms with van der Waals surface area (Å²) in [7, 11) is 1.45. The Balaban J connectivity index is 1.73. The van der Waals surface area contributed by atoms with E-state index >= 15 is 0 Å². The Morgan fingerprint density at radius 2 is 1.88 bits per heavy atom. The second-order valence-electron chi connectivity index (χ2n) is 5.49. The van der Waals surface area contributed by atoms with E-state index in [0.29, 0.717) is 11.4 Å². The van der Waals surface area contributed by atoms with Crippen LogP contribution in [0.25, 0.3) is 0 Å². The number of phenolic OH excluding ortho intramolecular Hbond substituents is 1. The van der Waals surface area contributed by atoms with Crippen molar-refractivity contribution in [3.8, 4) is 11.5 Å². The summed E-state index contributed by atoms with van der Waals surface area (Å²) >= 11 is 0.797. The molecule has 3 amide bonds. The fraction of sp³-hybridized carbons (Fsp3) is 0.167. The molecule has 0 spiro atoms. The molecular weight excluding hydrogens is 356 g/mol. The van der Waals surface area contributed by atoms with Crippen molar-refractivity contribution in [3.63, 3.8) is 0 Å². The molecule has 7 nitrogen and oxygen atoms in total. The molecule has 0 saturated carbocycles. The van der Waals surface area contributed by atoms with Crippen molar-refractivity contribution in [2.45, 2.75) is 11.7 Å². The number of benzene rings is 2. The van der Waals surface area contributed by atoms with Gasteiger partial charge in [-0.05, 0) is 36.0 Å². The van der Waals surface area contributed by atoms with Crippen LogP contribution in [-0.2, 0) is 9.59 Å². The molecule has 2 aromatic rings. The number of rotatable bonds is 5. The first-order valence-electron chi connectivity index (χ1n) is 7.76. The van der Waals surface area contributed by atoms with E-state index in [9.17, 15) is 19.5 Å². The van der Waals surface area contributed by atoms with E-state index in [-0.39, 0.29) is 17.9 Å². The van der Waals surface area contributed by atoms with E-state index in [1.807, 2.05) is 0 Å². The highest BCUT2D eigenvalue weighted by Gasteiger charge is 2.42. The van der Waals surface area contributed by atoms with E-state index in [2.05, 4.69) is 5.32 Å². The van der Waals surface area contributed by atoms with Gasteiger partial charge in [0.05, 0.1) is 18.5 Å². The maximum atomic E-state index is 12.6. The summed E-state index contributed by atoms with van der Waals surface area (Å²) in [6, 6.07) is 13.0. The summed E-state index contributed by atoms with van der Waals surface area (Å²) in [6.45, 7) is 0. The normalized spacial score (nSPS) is 16.7. The average molecular weight is 372 g/mol. The molecule has 3 rings (SSSR count). The van der Waals surface area contributed by atoms with Gasteiger partial charge < -0.3 is 15.2 Å². The van der Waals surface area contributed by atoms with E-state index in [1.165, 1.54) is 13.2 Å². The number of hydrogen-bond donors (Lipinski definition) is 2. The van der Waals surface area contributed by atoms with Crippen LogP contribution in [0.5, 0.6) is 11.5 Å². The quantitative estimate of drug-likeness (QED) is 0.784. The summed E-state index contributed by atoms with van der Waals surface area (Å²) in [5.74, 6) is -0.615. The predicted octanol–water partition coefficient (Wildman–Crippen LogP) is 3.00. The van der Waals surface area contributed by atoms with Gasteiger partial charge in [-0.3, -0.25) is 14.4 Å². The number of ether oxygens (including phenoxy) is 1. The number of amides is 3. The van der Waals surface area contributed by atoms with Crippen molar-refractivity contribution in [1.82, 2.24) is 0 Å². The number of carbonyl (C=O) groups is 3. The second kappa shape index (κ2) is 7.49. The van der Waals surface area contributed by atoms with E-state index in [0.717, 1.165) is 16.7 Å². The standard InChI is InChI=1S/C18H16N2O5S/c1-25-14-9-5-3-7-12(14)20-17(23)15(26-18(20)24)10-16(22)19-11-6-2-4-8-13(11)21/h2-9,15,21H,10H2,1H3,(H,19,22). The Labute approximate surface area is 153 Å². The minimum absolute atomic E-state index is 0.0713. The molecule has 1 aliphatic rings. The largest absolute Gasteiger partial charge is 0.506 e. The van der Waals surface area contributed by atoms with Gasteiger partial charge in [0.2, 0.25) is 11.8 Å². The molecular formula is C18H16N2O5S. The first-order chi connectivity index (χ1) is 12.5. The maximum absolute atomic E-state index is 12.6. The van der Waals surface area contributed by atoms with Crippen LogP contribution in [0.15, 0.2) is 48.5 Å². The first kappa shape index (κ1) is 17.8. The van der Waals surface area contributed by atoms with Crippen molar-refractivity contribution < 1.29 is 24.2 Å². The van der Waals surface area contributed by atoms with Crippen LogP contribution in [0.3, 0.4) is 0 Å². The zero-order valence-electron chi connectivity index (χ0n) is 13.8. The monoisotopic (exact) mass is 372 g/mol. The molecule has 1 atom stereocenters. The predicted molar refractivity (Wildman–Crippen MR) is 98.6 cm³/mol. The van der Waals surface area contributed by atoms with Crippen molar-refractivity contribution in [1.29, 1.82) is 0 Å². The molecule has 0 aliphatic carbocycles. The lowest BCUT2D eigenvalue weighted by Gasteiger charge is -2.17. The molecule has 1 heterocycles. The number of hydrogen-bond acceptors (Lipinski definition) is 6. The van der Waals surface area contributed by atoms with Gasteiger partial charge in [0.25, 0.3) is 5.24 Å². The lowest BCUT2D eigenvalue weighted by atomic mass is 10.2. The minimum Gasteiger partial charge on any atom is -0.506 e. The molecule has 8 heteroatoms. The molecule has 26 heavy (non-hydrogen) atoms. The second-order valence-corrected chi connectivity index (χ2v) is 6.64. The van der Waals surface area contributed by atoms with Gasteiger partial charge in [0.15, 0.2) is 0 Å². The molecule has 2 N–H and O–H groups in total. The molecule has 2 aromatic carbocycles. The van der Waals surface area contributed by atoms with Gasteiger partial charge in [-0.1, -0.05) is 24.3 Å². The fourth-order valence-electron chi connectivity index (χ4n) is 2.57. The average Bonchev–Trinajstić information content (AvgIpc) is 2.90. The molecule has 1 unspecified atom stereocenters. The summed E-state index contributed by atoms with van der Waals surface area (Å²) < 4.78 is 5.20. The summed E-state index contributed by atoms with van der Waals surface area (Å²) in [6.07, 6.45) is -0.185. The molecule has 0 bridgehead atoms. The van der Waals surface area contributed by atoms with Crippen LogP contribution in [0.1, 0.15) is 6.42 Å². The maximum Gasteiger partial charge on any atom is 0.293 e. The fourth-order valence-corrected chi connectivity index (χ4v) is 3.55. The Morgan fingerprint density at radius 1 is 1.19 bits per heavy atom. The third kappa shape index (κ3) is 3.50. The Kier molecular flexibility index (Phi) is 5.13. The molecule has 134 valence electrons. The smallest absolute Gasteiger partial charge is 0.293 e. The highest BCUT2D eigenvalue weighted by molar-refractivity contribution is 8.15. The number of methoxy groups -OCH3 is 1. The molecule has 0 radical (unpaired) electrons. The highest BCUT2D eigenvalue weighted by atomic mass is 32.2. The Hall–Kier alpha value is -3.00. The van der Waals surface area contributed by atoms with Crippen LogP contribution in [0.2, 0.25) is 0 Å². The number of nitrogens with one attached hydrogen (secondary N) is 1. The van der Waals surface area contributed by atoms with E-state index < -0.39 is 22.3 Å². The number of aromatic hydroxyl groups is 1. The molecule has 1 saturated heterocycles. The van der Waals surface area contributed by atoms with Gasteiger partial charge in [-0.15, -0.1) is 0 Å². The Bertz CT molecular complexity index is 870. The zero-order chi connectivity index (χ0) is 18.7. The Morgan fingerprint density at radius 3 is 2.62 bits per heavy atom. The lowest BCUT2D eigenvalue weighted by Crippen LogP contribution is -2.33. The van der Waals surface area contributed by atoms with E-state index in [4.69, 9.17) is 4.74 Å². The number of nitrogens with zero attached hydrogens (tertiary/aromatic N) is 1. The molecule has 1 aliphatic heterocycles. The minimum atomic E-state index is -0.835. The van der Waals surface area contributed by atoms with Crippen LogP contribution in [0.4, 0.5) is 16.2 Å². The summed E-state index contributed by atoms with van der Waals surface area (Å²) in [5, 5.41) is 10.9. The number of thioether (sulfide) groups is 1. The zero-order valence-corrected chi connectivity index (χ0v) is 14.7. The SMILES string of the molecule is COc1ccccc1N1C(=O)SC(CC(=O)Nc2ccccc2O)C1=O. The van der Waals surface area contributed by atoms with Crippen molar-refractivity contribution >= 4 is 40.2 Å². The van der Waals surface area contributed by atoms with Crippen LogP contribution < -0.4 is 15.0 Å². The number of anilines is 2. The molecule has 1 fully saturated rings. The first-order valence-corrected chi connectivity index (χ1v) is 8.64. The van der Waals surface area contributed by atoms with E-state index in [1.54, 1.807) is 42.5 Å². The van der Waals surface area contributed by atoms with Gasteiger partial charge in [-0.2, -0.15) is 0 Å². The third-order valence-electron chi connectivity index (χ3n) is 3.80. The number of para-hydroxylation sites is 4. The van der Waals surface area contributed by atoms with Crippen molar-refractivity contribution in [2.75, 3.05) is 17.3 Å². The van der Waals surface area contributed by atoms with Crippen molar-refractivity contribution in [3.05, 3.63) is 48.5 Å². The number of phenols is 1. The van der Waals surface area contributed by atoms with Gasteiger partial charge >= 0.3 is 0 Å². The number of carbonyl (C=O) groups excluding carboxylic acids is 3. The van der Waals surface area contributed by atoms with Gasteiger partial charge in [0, 0.05) is 6.42 Å². The lowest BCUT2D eigenvalue weighted by molar-refractivity contribution is -0.121. The summed E-state index contributed by atoms with van der Waals surface area (Å²) in [4.78, 5) is 38.2. The number of imide groups is 1. The van der Waals surface area contributed by atoms with Gasteiger partial charge in [-0.25, -0.2) is 4.90 Å². The van der Waals surface area contributed by atoms with Crippen LogP contribution in [-0.4, -0.2) is 34.5 Å².